The number of hydrogen-bond donors (Lipinski definition) is 0. The van der Waals surface area contributed by atoms with Gasteiger partial charge in [-0.3, -0.25) is 9.69 Å². The molecule has 6 nitrogen and oxygen atoms in total. The summed E-state index contributed by atoms with van der Waals surface area (Å²) in [5.74, 6) is -0.811. The van der Waals surface area contributed by atoms with Crippen molar-refractivity contribution in [2.75, 3.05) is 32.8 Å². The third kappa shape index (κ3) is 4.20. The SMILES string of the molecule is Cc1ccccc1C1CC(c2cccc(F)c2)=NN1C(=O)CN1CCC2(CC1)OCCO2. The fourth-order valence-corrected chi connectivity index (χ4v) is 4.89. The van der Waals surface area contributed by atoms with Gasteiger partial charge >= 0.3 is 0 Å². The van der Waals surface area contributed by atoms with Crippen LogP contribution in [0.1, 0.15) is 42.0 Å². The molecule has 2 saturated heterocycles. The van der Waals surface area contributed by atoms with Crippen LogP contribution in [0.2, 0.25) is 0 Å². The number of rotatable bonds is 4. The lowest BCUT2D eigenvalue weighted by Gasteiger charge is -2.37. The first-order valence-corrected chi connectivity index (χ1v) is 11.2. The number of halogens is 1. The van der Waals surface area contributed by atoms with Crippen molar-refractivity contribution >= 4 is 11.6 Å². The second-order valence-electron chi connectivity index (χ2n) is 8.76. The molecule has 168 valence electrons. The van der Waals surface area contributed by atoms with Crippen LogP contribution >= 0.6 is 0 Å². The zero-order valence-electron chi connectivity index (χ0n) is 18.3. The number of amides is 1. The van der Waals surface area contributed by atoms with Gasteiger partial charge < -0.3 is 9.47 Å². The van der Waals surface area contributed by atoms with E-state index in [0.29, 0.717) is 31.7 Å². The van der Waals surface area contributed by atoms with Gasteiger partial charge in [0.2, 0.25) is 0 Å². The van der Waals surface area contributed by atoms with Crippen molar-refractivity contribution in [1.82, 2.24) is 9.91 Å². The molecule has 3 aliphatic heterocycles. The first-order chi connectivity index (χ1) is 15.5. The molecule has 5 rings (SSSR count). The van der Waals surface area contributed by atoms with Gasteiger partial charge in [-0.1, -0.05) is 36.4 Å². The molecule has 7 heteroatoms. The average Bonchev–Trinajstić information content (AvgIpc) is 3.44. The molecule has 0 N–H and O–H groups in total. The van der Waals surface area contributed by atoms with Crippen LogP contribution in [0.25, 0.3) is 0 Å². The van der Waals surface area contributed by atoms with E-state index in [1.54, 1.807) is 11.1 Å². The van der Waals surface area contributed by atoms with E-state index in [1.165, 1.54) is 12.1 Å². The predicted octanol–water partition coefficient (Wildman–Crippen LogP) is 3.65. The zero-order chi connectivity index (χ0) is 22.1. The van der Waals surface area contributed by atoms with Crippen LogP contribution in [0.5, 0.6) is 0 Å². The van der Waals surface area contributed by atoms with E-state index >= 15 is 0 Å². The molecule has 1 amide bonds. The van der Waals surface area contributed by atoms with Crippen LogP contribution in [0.15, 0.2) is 53.6 Å². The molecule has 1 atom stereocenters. The van der Waals surface area contributed by atoms with E-state index < -0.39 is 5.79 Å². The lowest BCUT2D eigenvalue weighted by molar-refractivity contribution is -0.186. The Hall–Kier alpha value is -2.61. The zero-order valence-corrected chi connectivity index (χ0v) is 18.3. The number of benzene rings is 2. The number of ether oxygens (including phenoxy) is 2. The number of carbonyl (C=O) groups excluding carboxylic acids is 1. The van der Waals surface area contributed by atoms with Gasteiger partial charge in [-0.15, -0.1) is 0 Å². The average molecular weight is 438 g/mol. The lowest BCUT2D eigenvalue weighted by atomic mass is 9.95. The molecule has 0 bridgehead atoms. The minimum Gasteiger partial charge on any atom is -0.347 e. The number of carbonyl (C=O) groups is 1. The summed E-state index contributed by atoms with van der Waals surface area (Å²) in [5, 5.41) is 6.30. The molecular weight excluding hydrogens is 409 g/mol. The number of nitrogens with zero attached hydrogens (tertiary/aromatic N) is 3. The Kier molecular flexibility index (Phi) is 5.80. The number of aryl methyl sites for hydroxylation is 1. The first kappa shape index (κ1) is 21.2. The van der Waals surface area contributed by atoms with Crippen molar-refractivity contribution in [3.05, 3.63) is 71.0 Å². The summed E-state index contributed by atoms with van der Waals surface area (Å²) in [4.78, 5) is 15.5. The maximum absolute atomic E-state index is 13.8. The van der Waals surface area contributed by atoms with Crippen LogP contribution in [-0.4, -0.2) is 60.2 Å². The van der Waals surface area contributed by atoms with Gasteiger partial charge in [-0.25, -0.2) is 9.40 Å². The summed E-state index contributed by atoms with van der Waals surface area (Å²) in [6, 6.07) is 14.3. The molecule has 0 saturated carbocycles. The summed E-state index contributed by atoms with van der Waals surface area (Å²) in [5.41, 5.74) is 3.63. The lowest BCUT2D eigenvalue weighted by Crippen LogP contribution is -2.48. The molecule has 3 aliphatic rings. The molecule has 0 aromatic heterocycles. The Morgan fingerprint density at radius 2 is 1.88 bits per heavy atom. The highest BCUT2D eigenvalue weighted by Gasteiger charge is 2.41. The molecule has 1 unspecified atom stereocenters. The second-order valence-corrected chi connectivity index (χ2v) is 8.76. The minimum absolute atomic E-state index is 0.0473. The summed E-state index contributed by atoms with van der Waals surface area (Å²) >= 11 is 0. The van der Waals surface area contributed by atoms with Gasteiger partial charge in [0.25, 0.3) is 5.91 Å². The van der Waals surface area contributed by atoms with E-state index in [0.717, 1.165) is 42.8 Å². The van der Waals surface area contributed by atoms with Crippen LogP contribution in [-0.2, 0) is 14.3 Å². The third-order valence-corrected chi connectivity index (χ3v) is 6.66. The number of likely N-dealkylation sites (tertiary alicyclic amines) is 1. The highest BCUT2D eigenvalue weighted by atomic mass is 19.1. The number of piperidine rings is 1. The summed E-state index contributed by atoms with van der Waals surface area (Å²) in [6.45, 7) is 5.11. The van der Waals surface area contributed by atoms with Gasteiger partial charge in [-0.05, 0) is 30.2 Å². The second kappa shape index (κ2) is 8.73. The molecule has 2 aromatic rings. The van der Waals surface area contributed by atoms with Crippen molar-refractivity contribution in [3.8, 4) is 0 Å². The molecular formula is C25H28FN3O3. The van der Waals surface area contributed by atoms with E-state index in [2.05, 4.69) is 4.90 Å². The monoisotopic (exact) mass is 437 g/mol. The Labute approximate surface area is 187 Å². The normalized spacial score (nSPS) is 23.0. The Morgan fingerprint density at radius 3 is 2.59 bits per heavy atom. The predicted molar refractivity (Wildman–Crippen MR) is 119 cm³/mol. The van der Waals surface area contributed by atoms with E-state index in [1.807, 2.05) is 37.3 Å². The van der Waals surface area contributed by atoms with Crippen molar-refractivity contribution in [2.45, 2.75) is 38.0 Å². The molecule has 32 heavy (non-hydrogen) atoms. The smallest absolute Gasteiger partial charge is 0.257 e. The highest BCUT2D eigenvalue weighted by Crippen LogP contribution is 2.35. The maximum atomic E-state index is 13.8. The third-order valence-electron chi connectivity index (χ3n) is 6.66. The fraction of sp³-hybridized carbons (Fsp3) is 0.440. The van der Waals surface area contributed by atoms with E-state index in [-0.39, 0.29) is 17.8 Å². The van der Waals surface area contributed by atoms with Crippen molar-refractivity contribution in [3.63, 3.8) is 0 Å². The number of hydrazone groups is 1. The molecule has 2 aromatic carbocycles. The largest absolute Gasteiger partial charge is 0.347 e. The molecule has 0 radical (unpaired) electrons. The molecule has 1 spiro atoms. The van der Waals surface area contributed by atoms with Gasteiger partial charge in [0, 0.05) is 37.9 Å². The Bertz CT molecular complexity index is 1020. The van der Waals surface area contributed by atoms with Gasteiger partial charge in [0.05, 0.1) is 31.5 Å². The quantitative estimate of drug-likeness (QED) is 0.733. The summed E-state index contributed by atoms with van der Waals surface area (Å²) in [7, 11) is 0. The summed E-state index contributed by atoms with van der Waals surface area (Å²) < 4.78 is 25.4. The van der Waals surface area contributed by atoms with Crippen molar-refractivity contribution in [1.29, 1.82) is 0 Å². The van der Waals surface area contributed by atoms with Crippen LogP contribution in [0, 0.1) is 12.7 Å². The number of hydrogen-bond acceptors (Lipinski definition) is 5. The van der Waals surface area contributed by atoms with Crippen LogP contribution < -0.4 is 0 Å². The maximum Gasteiger partial charge on any atom is 0.257 e. The topological polar surface area (TPSA) is 54.4 Å². The minimum atomic E-state index is -0.459. The van der Waals surface area contributed by atoms with Gasteiger partial charge in [-0.2, -0.15) is 5.10 Å². The summed E-state index contributed by atoms with van der Waals surface area (Å²) in [6.07, 6.45) is 2.09. The standard InChI is InChI=1S/C25H28FN3O3/c1-18-5-2-3-8-21(18)23-16-22(19-6-4-7-20(26)15-19)27-29(23)24(30)17-28-11-9-25(10-12-28)31-13-14-32-25/h2-8,15,23H,9-14,16-17H2,1H3. The van der Waals surface area contributed by atoms with Crippen molar-refractivity contribution < 1.29 is 18.7 Å². The molecule has 3 heterocycles. The van der Waals surface area contributed by atoms with Crippen LogP contribution in [0.3, 0.4) is 0 Å². The Balaban J connectivity index is 1.35. The Morgan fingerprint density at radius 1 is 1.12 bits per heavy atom. The van der Waals surface area contributed by atoms with Gasteiger partial charge in [0.1, 0.15) is 5.82 Å². The van der Waals surface area contributed by atoms with E-state index in [9.17, 15) is 9.18 Å². The first-order valence-electron chi connectivity index (χ1n) is 11.2. The van der Waals surface area contributed by atoms with E-state index in [4.69, 9.17) is 14.6 Å². The van der Waals surface area contributed by atoms with Gasteiger partial charge in [0.15, 0.2) is 5.79 Å². The highest BCUT2D eigenvalue weighted by molar-refractivity contribution is 6.03. The molecule has 0 aliphatic carbocycles. The fourth-order valence-electron chi connectivity index (χ4n) is 4.89. The van der Waals surface area contributed by atoms with Crippen LogP contribution in [0.4, 0.5) is 4.39 Å². The van der Waals surface area contributed by atoms with Crippen molar-refractivity contribution in [2.24, 2.45) is 5.10 Å². The molecule has 2 fully saturated rings.